The predicted molar refractivity (Wildman–Crippen MR) is 62.8 cm³/mol. The van der Waals surface area contributed by atoms with E-state index in [2.05, 4.69) is 0 Å². The molecule has 0 atom stereocenters. The first-order chi connectivity index (χ1) is 9.02. The summed E-state index contributed by atoms with van der Waals surface area (Å²) >= 11 is 0. The van der Waals surface area contributed by atoms with Crippen LogP contribution in [-0.4, -0.2) is 30.7 Å². The summed E-state index contributed by atoms with van der Waals surface area (Å²) < 4.78 is 9.68. The number of carbonyl (C=O) groups is 2. The number of ether oxygens (including phenoxy) is 2. The molecule has 0 bridgehead atoms. The molecule has 0 fully saturated rings. The number of Topliss-reactive ketones (excluding diaryl/α,β-unsaturated/α-hetero) is 2. The molecular weight excluding hydrogens is 254 g/mol. The van der Waals surface area contributed by atoms with Gasteiger partial charge in [0.15, 0.2) is 0 Å². The van der Waals surface area contributed by atoms with E-state index < -0.39 is 22.2 Å². The van der Waals surface area contributed by atoms with Gasteiger partial charge in [0.2, 0.25) is 23.1 Å². The smallest absolute Gasteiger partial charge is 0.281 e. The molecule has 0 unspecified atom stereocenters. The third-order valence-electron chi connectivity index (χ3n) is 2.74. The molecule has 1 aliphatic rings. The second kappa shape index (κ2) is 4.52. The average Bonchev–Trinajstić information content (AvgIpc) is 2.41. The zero-order chi connectivity index (χ0) is 14.2. The number of methoxy groups -OCH3 is 2. The summed E-state index contributed by atoms with van der Waals surface area (Å²) in [4.78, 5) is 34.5. The largest absolute Gasteiger partial charge is 0.489 e. The van der Waals surface area contributed by atoms with Crippen molar-refractivity contribution in [3.8, 4) is 0 Å². The van der Waals surface area contributed by atoms with E-state index in [1.54, 1.807) is 0 Å². The fourth-order valence-electron chi connectivity index (χ4n) is 1.93. The third-order valence-corrected chi connectivity index (χ3v) is 2.74. The highest BCUT2D eigenvalue weighted by atomic mass is 16.6. The molecule has 1 aromatic carbocycles. The van der Waals surface area contributed by atoms with Gasteiger partial charge in [-0.2, -0.15) is 0 Å². The van der Waals surface area contributed by atoms with E-state index in [9.17, 15) is 19.7 Å². The third kappa shape index (κ3) is 1.75. The summed E-state index contributed by atoms with van der Waals surface area (Å²) in [7, 11) is 2.42. The van der Waals surface area contributed by atoms with Crippen LogP contribution < -0.4 is 0 Å². The standard InChI is InChI=1S/C12H9NO6/c1-18-11-9(14)6-4-3-5-7(13(16)17)8(6)10(15)12(11)19-2/h3-5H,1-2H3. The molecule has 98 valence electrons. The molecule has 7 nitrogen and oxygen atoms in total. The van der Waals surface area contributed by atoms with E-state index in [1.807, 2.05) is 0 Å². The molecule has 0 N–H and O–H groups in total. The summed E-state index contributed by atoms with van der Waals surface area (Å²) in [5.41, 5.74) is -0.757. The van der Waals surface area contributed by atoms with Crippen LogP contribution in [0.25, 0.3) is 0 Å². The maximum absolute atomic E-state index is 12.2. The van der Waals surface area contributed by atoms with Crippen molar-refractivity contribution in [2.45, 2.75) is 0 Å². The molecule has 0 amide bonds. The number of fused-ring (bicyclic) bond motifs is 1. The molecular formula is C12H9NO6. The number of benzene rings is 1. The van der Waals surface area contributed by atoms with Gasteiger partial charge in [-0.15, -0.1) is 0 Å². The van der Waals surface area contributed by atoms with Crippen molar-refractivity contribution in [2.24, 2.45) is 0 Å². The monoisotopic (exact) mass is 263 g/mol. The van der Waals surface area contributed by atoms with Gasteiger partial charge in [-0.05, 0) is 6.07 Å². The van der Waals surface area contributed by atoms with Crippen LogP contribution in [0.5, 0.6) is 0 Å². The van der Waals surface area contributed by atoms with Crippen molar-refractivity contribution >= 4 is 17.3 Å². The molecule has 19 heavy (non-hydrogen) atoms. The van der Waals surface area contributed by atoms with Gasteiger partial charge in [-0.25, -0.2) is 0 Å². The summed E-state index contributed by atoms with van der Waals surface area (Å²) in [5, 5.41) is 10.9. The minimum absolute atomic E-state index is 0.0585. The van der Waals surface area contributed by atoms with Crippen molar-refractivity contribution in [1.82, 2.24) is 0 Å². The van der Waals surface area contributed by atoms with Crippen LogP contribution >= 0.6 is 0 Å². The number of carbonyl (C=O) groups excluding carboxylic acids is 2. The Morgan fingerprint density at radius 2 is 1.63 bits per heavy atom. The fourth-order valence-corrected chi connectivity index (χ4v) is 1.93. The van der Waals surface area contributed by atoms with Crippen molar-refractivity contribution in [1.29, 1.82) is 0 Å². The van der Waals surface area contributed by atoms with Crippen molar-refractivity contribution < 1.29 is 24.0 Å². The fraction of sp³-hybridized carbons (Fsp3) is 0.167. The molecule has 7 heteroatoms. The van der Waals surface area contributed by atoms with Gasteiger partial charge in [-0.1, -0.05) is 6.07 Å². The number of hydrogen-bond donors (Lipinski definition) is 0. The number of hydrogen-bond acceptors (Lipinski definition) is 6. The second-order valence-electron chi connectivity index (χ2n) is 3.68. The molecule has 2 rings (SSSR count). The first kappa shape index (κ1) is 12.7. The van der Waals surface area contributed by atoms with Gasteiger partial charge < -0.3 is 9.47 Å². The quantitative estimate of drug-likeness (QED) is 0.605. The van der Waals surface area contributed by atoms with Gasteiger partial charge in [0.1, 0.15) is 5.56 Å². The summed E-state index contributed by atoms with van der Waals surface area (Å²) in [6.45, 7) is 0. The minimum Gasteiger partial charge on any atom is -0.489 e. The normalized spacial score (nSPS) is 14.2. The zero-order valence-electron chi connectivity index (χ0n) is 10.1. The van der Waals surface area contributed by atoms with Crippen LogP contribution in [-0.2, 0) is 9.47 Å². The molecule has 1 aliphatic carbocycles. The number of nitro groups is 1. The van der Waals surface area contributed by atoms with Crippen LogP contribution in [0.4, 0.5) is 5.69 Å². The molecule has 0 saturated heterocycles. The number of nitro benzene ring substituents is 1. The summed E-state index contributed by atoms with van der Waals surface area (Å²) in [6, 6.07) is 3.84. The van der Waals surface area contributed by atoms with E-state index >= 15 is 0 Å². The topological polar surface area (TPSA) is 95.7 Å². The Bertz CT molecular complexity index is 631. The Hall–Kier alpha value is -2.70. The van der Waals surface area contributed by atoms with E-state index in [0.29, 0.717) is 0 Å². The van der Waals surface area contributed by atoms with Crippen LogP contribution in [0.1, 0.15) is 20.7 Å². The number of rotatable bonds is 3. The lowest BCUT2D eigenvalue weighted by Gasteiger charge is -2.18. The molecule has 1 aromatic rings. The van der Waals surface area contributed by atoms with Crippen molar-refractivity contribution in [3.63, 3.8) is 0 Å². The highest BCUT2D eigenvalue weighted by molar-refractivity contribution is 6.26. The highest BCUT2D eigenvalue weighted by Crippen LogP contribution is 2.32. The summed E-state index contributed by atoms with van der Waals surface area (Å²) in [5.74, 6) is -1.92. The van der Waals surface area contributed by atoms with Crippen molar-refractivity contribution in [2.75, 3.05) is 14.2 Å². The Morgan fingerprint density at radius 1 is 1.05 bits per heavy atom. The lowest BCUT2D eigenvalue weighted by atomic mass is 9.91. The Labute approximate surface area is 107 Å². The van der Waals surface area contributed by atoms with Crippen LogP contribution in [0, 0.1) is 10.1 Å². The predicted octanol–water partition coefficient (Wildman–Crippen LogP) is 1.48. The minimum atomic E-state index is -0.735. The Balaban J connectivity index is 2.77. The van der Waals surface area contributed by atoms with E-state index in [4.69, 9.17) is 9.47 Å². The maximum atomic E-state index is 12.2. The van der Waals surface area contributed by atoms with E-state index in [1.165, 1.54) is 26.4 Å². The van der Waals surface area contributed by atoms with Crippen molar-refractivity contribution in [3.05, 3.63) is 51.0 Å². The van der Waals surface area contributed by atoms with Crippen LogP contribution in [0.15, 0.2) is 29.7 Å². The SMILES string of the molecule is COC1=C(OC)C(=O)c2c(cccc2[N+](=O)[O-])C1=O. The van der Waals surface area contributed by atoms with Gasteiger partial charge in [-0.3, -0.25) is 19.7 Å². The van der Waals surface area contributed by atoms with Crippen LogP contribution in [0.2, 0.25) is 0 Å². The van der Waals surface area contributed by atoms with Gasteiger partial charge >= 0.3 is 0 Å². The number of allylic oxidation sites excluding steroid dienone is 2. The van der Waals surface area contributed by atoms with E-state index in [0.717, 1.165) is 6.07 Å². The van der Waals surface area contributed by atoms with Gasteiger partial charge in [0.25, 0.3) is 5.69 Å². The Kier molecular flexibility index (Phi) is 3.04. The molecule has 0 aliphatic heterocycles. The molecule has 0 radical (unpaired) electrons. The highest BCUT2D eigenvalue weighted by Gasteiger charge is 2.39. The van der Waals surface area contributed by atoms with Crippen LogP contribution in [0.3, 0.4) is 0 Å². The first-order valence-electron chi connectivity index (χ1n) is 5.22. The molecule has 0 spiro atoms. The Morgan fingerprint density at radius 3 is 2.16 bits per heavy atom. The second-order valence-corrected chi connectivity index (χ2v) is 3.68. The first-order valence-corrected chi connectivity index (χ1v) is 5.22. The molecule has 0 saturated carbocycles. The summed E-state index contributed by atoms with van der Waals surface area (Å²) in [6.07, 6.45) is 0. The lowest BCUT2D eigenvalue weighted by Crippen LogP contribution is -2.25. The average molecular weight is 263 g/mol. The van der Waals surface area contributed by atoms with Gasteiger partial charge in [0.05, 0.1) is 19.1 Å². The van der Waals surface area contributed by atoms with E-state index in [-0.39, 0.29) is 22.6 Å². The lowest BCUT2D eigenvalue weighted by molar-refractivity contribution is -0.385. The number of nitrogens with zero attached hydrogens (tertiary/aromatic N) is 1. The maximum Gasteiger partial charge on any atom is 0.281 e. The number of ketones is 2. The molecule has 0 heterocycles. The zero-order valence-corrected chi connectivity index (χ0v) is 10.1. The molecule has 0 aromatic heterocycles. The van der Waals surface area contributed by atoms with Gasteiger partial charge in [0, 0.05) is 11.6 Å².